The Kier molecular flexibility index (Phi) is 10.9. The van der Waals surface area contributed by atoms with Gasteiger partial charge < -0.3 is 20.7 Å². The molecule has 4 rings (SSSR count). The summed E-state index contributed by atoms with van der Waals surface area (Å²) in [5.41, 5.74) is 0.422. The van der Waals surface area contributed by atoms with E-state index in [2.05, 4.69) is 20.7 Å². The summed E-state index contributed by atoms with van der Waals surface area (Å²) >= 11 is 12.1. The molecule has 0 aliphatic carbocycles. The van der Waals surface area contributed by atoms with Crippen LogP contribution in [-0.2, 0) is 14.8 Å². The van der Waals surface area contributed by atoms with Crippen molar-refractivity contribution in [1.29, 1.82) is 0 Å². The maximum Gasteiger partial charge on any atom is 0.262 e. The second-order valence-electron chi connectivity index (χ2n) is 9.67. The third-order valence-corrected chi connectivity index (χ3v) is 8.56. The van der Waals surface area contributed by atoms with E-state index in [-0.39, 0.29) is 39.4 Å². The van der Waals surface area contributed by atoms with Gasteiger partial charge in [-0.15, -0.1) is 0 Å². The van der Waals surface area contributed by atoms with Crippen LogP contribution in [0.2, 0.25) is 10.0 Å². The van der Waals surface area contributed by atoms with Crippen molar-refractivity contribution in [3.8, 4) is 11.5 Å². The molecule has 0 atom stereocenters. The van der Waals surface area contributed by atoms with E-state index in [1.807, 2.05) is 0 Å². The van der Waals surface area contributed by atoms with Crippen LogP contribution in [0.3, 0.4) is 0 Å². The van der Waals surface area contributed by atoms with Crippen LogP contribution in [0.1, 0.15) is 36.0 Å². The average molecular weight is 620 g/mol. The van der Waals surface area contributed by atoms with Crippen LogP contribution in [0.4, 0.5) is 5.69 Å². The lowest BCUT2D eigenvalue weighted by atomic mass is 9.93. The maximum atomic E-state index is 13.1. The SMILES string of the molecule is O=C(CNC(=O)c1ccc(S(=O)(=O)Nc2ccccc2Oc2ccc(Cl)cc2Cl)cc1)NCCCC1CCNCC1. The zero-order valence-corrected chi connectivity index (χ0v) is 24.6. The predicted octanol–water partition coefficient (Wildman–Crippen LogP) is 5.21. The number of para-hydroxylation sites is 2. The van der Waals surface area contributed by atoms with E-state index in [9.17, 15) is 18.0 Å². The molecular formula is C29H32Cl2N4O5S. The lowest BCUT2D eigenvalue weighted by Gasteiger charge is -2.22. The first kappa shape index (κ1) is 30.6. The standard InChI is InChI=1S/C29H32Cl2N4O5S/c30-22-9-12-26(24(31)18-22)40-27-6-2-1-5-25(27)35-41(38,39)23-10-7-21(8-11-23)29(37)34-19-28(36)33-15-3-4-20-13-16-32-17-14-20/h1-2,5-12,18,20,32,35H,3-4,13-17,19H2,(H,33,36)(H,34,37). The molecule has 0 unspecified atom stereocenters. The molecular weight excluding hydrogens is 587 g/mol. The Morgan fingerprint density at radius 3 is 2.39 bits per heavy atom. The first-order valence-electron chi connectivity index (χ1n) is 13.3. The van der Waals surface area contributed by atoms with E-state index >= 15 is 0 Å². The van der Waals surface area contributed by atoms with Crippen LogP contribution >= 0.6 is 23.2 Å². The lowest BCUT2D eigenvalue weighted by Crippen LogP contribution is -2.37. The number of hydrogen-bond donors (Lipinski definition) is 4. The van der Waals surface area contributed by atoms with Crippen molar-refractivity contribution in [2.24, 2.45) is 5.92 Å². The van der Waals surface area contributed by atoms with Crippen LogP contribution in [0.15, 0.2) is 71.6 Å². The fraction of sp³-hybridized carbons (Fsp3) is 0.310. The van der Waals surface area contributed by atoms with Gasteiger partial charge in [-0.2, -0.15) is 0 Å². The molecule has 0 saturated carbocycles. The molecule has 1 aliphatic heterocycles. The van der Waals surface area contributed by atoms with Crippen molar-refractivity contribution in [3.63, 3.8) is 0 Å². The summed E-state index contributed by atoms with van der Waals surface area (Å²) in [6, 6.07) is 16.6. The molecule has 12 heteroatoms. The Balaban J connectivity index is 1.28. The molecule has 0 spiro atoms. The number of benzene rings is 3. The van der Waals surface area contributed by atoms with Gasteiger partial charge in [-0.05, 0) is 99.3 Å². The number of carbonyl (C=O) groups excluding carboxylic acids is 2. The van der Waals surface area contributed by atoms with Crippen molar-refractivity contribution in [2.75, 3.05) is 30.9 Å². The number of anilines is 1. The number of halogens is 2. The smallest absolute Gasteiger partial charge is 0.262 e. The second-order valence-corrected chi connectivity index (χ2v) is 12.2. The normalized spacial score (nSPS) is 13.8. The van der Waals surface area contributed by atoms with Gasteiger partial charge in [-0.25, -0.2) is 8.42 Å². The molecule has 0 aromatic heterocycles. The molecule has 4 N–H and O–H groups in total. The van der Waals surface area contributed by atoms with Gasteiger partial charge in [0, 0.05) is 17.1 Å². The van der Waals surface area contributed by atoms with Gasteiger partial charge in [0.25, 0.3) is 15.9 Å². The van der Waals surface area contributed by atoms with E-state index in [4.69, 9.17) is 27.9 Å². The van der Waals surface area contributed by atoms with Crippen molar-refractivity contribution < 1.29 is 22.7 Å². The molecule has 1 aliphatic rings. The Labute approximate surface area is 250 Å². The fourth-order valence-corrected chi connectivity index (χ4v) is 5.94. The molecule has 218 valence electrons. The Morgan fingerprint density at radius 2 is 1.66 bits per heavy atom. The third-order valence-electron chi connectivity index (χ3n) is 6.65. The van der Waals surface area contributed by atoms with Crippen molar-refractivity contribution in [2.45, 2.75) is 30.6 Å². The number of piperidine rings is 1. The molecule has 1 fully saturated rings. The Hall–Kier alpha value is -3.31. The predicted molar refractivity (Wildman–Crippen MR) is 160 cm³/mol. The molecule has 0 bridgehead atoms. The van der Waals surface area contributed by atoms with Crippen molar-refractivity contribution in [1.82, 2.24) is 16.0 Å². The summed E-state index contributed by atoms with van der Waals surface area (Å²) in [6.07, 6.45) is 4.32. The molecule has 2 amide bonds. The van der Waals surface area contributed by atoms with Crippen LogP contribution < -0.4 is 25.4 Å². The minimum atomic E-state index is -4.02. The Morgan fingerprint density at radius 1 is 0.927 bits per heavy atom. The summed E-state index contributed by atoms with van der Waals surface area (Å²) in [5, 5.41) is 9.45. The highest BCUT2D eigenvalue weighted by molar-refractivity contribution is 7.92. The van der Waals surface area contributed by atoms with Gasteiger partial charge in [0.2, 0.25) is 5.91 Å². The van der Waals surface area contributed by atoms with Gasteiger partial charge in [0.05, 0.1) is 22.2 Å². The quantitative estimate of drug-likeness (QED) is 0.206. The Bertz CT molecular complexity index is 1460. The van der Waals surface area contributed by atoms with E-state index in [1.54, 1.807) is 36.4 Å². The minimum Gasteiger partial charge on any atom is -0.454 e. The molecule has 3 aromatic carbocycles. The van der Waals surface area contributed by atoms with Gasteiger partial charge >= 0.3 is 0 Å². The zero-order valence-electron chi connectivity index (χ0n) is 22.3. The van der Waals surface area contributed by atoms with Gasteiger partial charge in [0.1, 0.15) is 5.75 Å². The van der Waals surface area contributed by atoms with E-state index in [0.717, 1.165) is 25.9 Å². The van der Waals surface area contributed by atoms with Crippen molar-refractivity contribution in [3.05, 3.63) is 82.3 Å². The number of amides is 2. The number of sulfonamides is 1. The molecule has 1 saturated heterocycles. The van der Waals surface area contributed by atoms with Crippen LogP contribution in [0.25, 0.3) is 0 Å². The number of nitrogens with one attached hydrogen (secondary N) is 4. The molecule has 0 radical (unpaired) electrons. The highest BCUT2D eigenvalue weighted by Gasteiger charge is 2.19. The molecule has 9 nitrogen and oxygen atoms in total. The summed E-state index contributed by atoms with van der Waals surface area (Å²) in [6.45, 7) is 2.51. The second kappa shape index (κ2) is 14.5. The first-order chi connectivity index (χ1) is 19.7. The van der Waals surface area contributed by atoms with Crippen LogP contribution in [0, 0.1) is 5.92 Å². The van der Waals surface area contributed by atoms with E-state index < -0.39 is 15.9 Å². The van der Waals surface area contributed by atoms with E-state index in [1.165, 1.54) is 43.2 Å². The summed E-state index contributed by atoms with van der Waals surface area (Å²) in [7, 11) is -4.02. The monoisotopic (exact) mass is 618 g/mol. The third kappa shape index (κ3) is 9.09. The van der Waals surface area contributed by atoms with Gasteiger partial charge in [-0.1, -0.05) is 35.3 Å². The zero-order chi connectivity index (χ0) is 29.2. The molecule has 3 aromatic rings. The average Bonchev–Trinajstić information content (AvgIpc) is 2.97. The lowest BCUT2D eigenvalue weighted by molar-refractivity contribution is -0.120. The summed E-state index contributed by atoms with van der Waals surface area (Å²) in [4.78, 5) is 24.6. The number of ether oxygens (including phenoxy) is 1. The summed E-state index contributed by atoms with van der Waals surface area (Å²) in [5.74, 6) is 0.495. The molecule has 1 heterocycles. The minimum absolute atomic E-state index is 0.0557. The van der Waals surface area contributed by atoms with Gasteiger partial charge in [0.15, 0.2) is 5.75 Å². The summed E-state index contributed by atoms with van der Waals surface area (Å²) < 4.78 is 34.5. The number of carbonyl (C=O) groups is 2. The highest BCUT2D eigenvalue weighted by Crippen LogP contribution is 2.35. The largest absolute Gasteiger partial charge is 0.454 e. The maximum absolute atomic E-state index is 13.1. The van der Waals surface area contributed by atoms with Crippen LogP contribution in [0.5, 0.6) is 11.5 Å². The topological polar surface area (TPSA) is 126 Å². The number of rotatable bonds is 12. The van der Waals surface area contributed by atoms with E-state index in [0.29, 0.717) is 23.2 Å². The number of hydrogen-bond acceptors (Lipinski definition) is 6. The molecule has 41 heavy (non-hydrogen) atoms. The van der Waals surface area contributed by atoms with Crippen LogP contribution in [-0.4, -0.2) is 46.4 Å². The van der Waals surface area contributed by atoms with Gasteiger partial charge in [-0.3, -0.25) is 14.3 Å². The highest BCUT2D eigenvalue weighted by atomic mass is 35.5. The fourth-order valence-electron chi connectivity index (χ4n) is 4.42. The first-order valence-corrected chi connectivity index (χ1v) is 15.6. The van der Waals surface area contributed by atoms with Crippen molar-refractivity contribution >= 4 is 50.7 Å².